The second kappa shape index (κ2) is 6.33. The van der Waals surface area contributed by atoms with E-state index in [1.54, 1.807) is 12.1 Å². The molecule has 2 heteroatoms. The molecule has 3 unspecified atom stereocenters. The first-order valence-electron chi connectivity index (χ1n) is 7.13. The molecule has 0 heterocycles. The maximum Gasteiger partial charge on any atom is 0.126 e. The van der Waals surface area contributed by atoms with Crippen LogP contribution in [0.4, 0.5) is 4.39 Å². The van der Waals surface area contributed by atoms with Gasteiger partial charge >= 0.3 is 0 Å². The molecule has 0 aromatic heterocycles. The first kappa shape index (κ1) is 13.5. The van der Waals surface area contributed by atoms with E-state index >= 15 is 0 Å². The van der Waals surface area contributed by atoms with Crippen LogP contribution in [0.2, 0.25) is 0 Å². The molecule has 1 N–H and O–H groups in total. The van der Waals surface area contributed by atoms with Crippen molar-refractivity contribution in [2.24, 2.45) is 11.8 Å². The van der Waals surface area contributed by atoms with Crippen LogP contribution in [0.3, 0.4) is 0 Å². The number of hydrogen-bond donors (Lipinski definition) is 1. The van der Waals surface area contributed by atoms with Crippen molar-refractivity contribution < 1.29 is 9.50 Å². The lowest BCUT2D eigenvalue weighted by molar-refractivity contribution is 0.0459. The highest BCUT2D eigenvalue weighted by atomic mass is 19.1. The smallest absolute Gasteiger partial charge is 0.126 e. The fraction of sp³-hybridized carbons (Fsp3) is 0.625. The zero-order valence-electron chi connectivity index (χ0n) is 11.1. The van der Waals surface area contributed by atoms with E-state index in [0.29, 0.717) is 23.8 Å². The molecule has 1 fully saturated rings. The SMILES string of the molecule is CCC1CCCCC1C(O)Cc1ccccc1F. The maximum absolute atomic E-state index is 13.6. The molecule has 0 saturated heterocycles. The number of aliphatic hydroxyl groups is 1. The van der Waals surface area contributed by atoms with Crippen LogP contribution in [-0.4, -0.2) is 11.2 Å². The normalized spacial score (nSPS) is 25.9. The van der Waals surface area contributed by atoms with Gasteiger partial charge in [0.15, 0.2) is 0 Å². The third-order valence-corrected chi connectivity index (χ3v) is 4.37. The Balaban J connectivity index is 2.02. The Morgan fingerprint density at radius 2 is 2.00 bits per heavy atom. The van der Waals surface area contributed by atoms with Gasteiger partial charge in [0.05, 0.1) is 6.10 Å². The van der Waals surface area contributed by atoms with Crippen LogP contribution < -0.4 is 0 Å². The molecule has 3 atom stereocenters. The van der Waals surface area contributed by atoms with E-state index in [1.165, 1.54) is 25.3 Å². The topological polar surface area (TPSA) is 20.2 Å². The molecule has 1 saturated carbocycles. The molecule has 0 spiro atoms. The third kappa shape index (κ3) is 3.11. The molecular weight excluding hydrogens is 227 g/mol. The average molecular weight is 250 g/mol. The Morgan fingerprint density at radius 1 is 1.28 bits per heavy atom. The summed E-state index contributed by atoms with van der Waals surface area (Å²) in [5.74, 6) is 0.768. The standard InChI is InChI=1S/C16H23FO/c1-2-12-7-3-5-9-14(12)16(18)11-13-8-4-6-10-15(13)17/h4,6,8,10,12,14,16,18H,2-3,5,7,9,11H2,1H3. The lowest BCUT2D eigenvalue weighted by atomic mass is 9.74. The van der Waals surface area contributed by atoms with Gasteiger partial charge < -0.3 is 5.11 Å². The average Bonchev–Trinajstić information content (AvgIpc) is 2.41. The predicted octanol–water partition coefficient (Wildman–Crippen LogP) is 3.95. The van der Waals surface area contributed by atoms with Gasteiger partial charge in [-0.25, -0.2) is 4.39 Å². The highest BCUT2D eigenvalue weighted by Crippen LogP contribution is 2.35. The van der Waals surface area contributed by atoms with Crippen LogP contribution in [0.25, 0.3) is 0 Å². The first-order chi connectivity index (χ1) is 8.72. The minimum absolute atomic E-state index is 0.194. The van der Waals surface area contributed by atoms with Gasteiger partial charge in [0.25, 0.3) is 0 Å². The molecule has 2 rings (SSSR count). The monoisotopic (exact) mass is 250 g/mol. The first-order valence-corrected chi connectivity index (χ1v) is 7.13. The maximum atomic E-state index is 13.6. The summed E-state index contributed by atoms with van der Waals surface area (Å²) in [6, 6.07) is 6.78. The quantitative estimate of drug-likeness (QED) is 0.858. The van der Waals surface area contributed by atoms with Crippen molar-refractivity contribution in [1.29, 1.82) is 0 Å². The Labute approximate surface area is 109 Å². The fourth-order valence-electron chi connectivity index (χ4n) is 3.29. The highest BCUT2D eigenvalue weighted by molar-refractivity contribution is 5.18. The summed E-state index contributed by atoms with van der Waals surface area (Å²) >= 11 is 0. The fourth-order valence-corrected chi connectivity index (χ4v) is 3.29. The summed E-state index contributed by atoms with van der Waals surface area (Å²) in [5, 5.41) is 10.4. The Morgan fingerprint density at radius 3 is 2.72 bits per heavy atom. The van der Waals surface area contributed by atoms with Crippen molar-refractivity contribution in [2.45, 2.75) is 51.6 Å². The molecule has 1 aromatic rings. The zero-order valence-corrected chi connectivity index (χ0v) is 11.1. The second-order valence-corrected chi connectivity index (χ2v) is 5.48. The molecule has 0 bridgehead atoms. The number of rotatable bonds is 4. The molecule has 0 radical (unpaired) electrons. The molecule has 1 aliphatic carbocycles. The number of halogens is 1. The van der Waals surface area contributed by atoms with E-state index in [-0.39, 0.29) is 5.82 Å². The molecule has 100 valence electrons. The van der Waals surface area contributed by atoms with Gasteiger partial charge in [-0.3, -0.25) is 0 Å². The van der Waals surface area contributed by atoms with Gasteiger partial charge in [-0.1, -0.05) is 50.8 Å². The Hall–Kier alpha value is -0.890. The summed E-state index contributed by atoms with van der Waals surface area (Å²) in [6.07, 6.45) is 5.97. The van der Waals surface area contributed by atoms with E-state index in [4.69, 9.17) is 0 Å². The largest absolute Gasteiger partial charge is 0.392 e. The van der Waals surface area contributed by atoms with Crippen molar-refractivity contribution in [3.63, 3.8) is 0 Å². The summed E-state index contributed by atoms with van der Waals surface area (Å²) in [5.41, 5.74) is 0.644. The van der Waals surface area contributed by atoms with Crippen molar-refractivity contribution in [3.8, 4) is 0 Å². The van der Waals surface area contributed by atoms with Crippen molar-refractivity contribution >= 4 is 0 Å². The summed E-state index contributed by atoms with van der Waals surface area (Å²) in [4.78, 5) is 0. The van der Waals surface area contributed by atoms with Gasteiger partial charge in [-0.2, -0.15) is 0 Å². The Bertz CT molecular complexity index is 377. The van der Waals surface area contributed by atoms with Crippen LogP contribution in [0.5, 0.6) is 0 Å². The number of hydrogen-bond acceptors (Lipinski definition) is 1. The summed E-state index contributed by atoms with van der Waals surface area (Å²) in [6.45, 7) is 2.19. The minimum Gasteiger partial charge on any atom is -0.392 e. The molecular formula is C16H23FO. The van der Waals surface area contributed by atoms with E-state index < -0.39 is 6.10 Å². The lowest BCUT2D eigenvalue weighted by Gasteiger charge is -2.34. The van der Waals surface area contributed by atoms with Crippen LogP contribution in [0, 0.1) is 17.7 Å². The van der Waals surface area contributed by atoms with Crippen LogP contribution in [-0.2, 0) is 6.42 Å². The van der Waals surface area contributed by atoms with E-state index in [9.17, 15) is 9.50 Å². The zero-order chi connectivity index (χ0) is 13.0. The van der Waals surface area contributed by atoms with Gasteiger partial charge in [0, 0.05) is 6.42 Å². The van der Waals surface area contributed by atoms with Crippen LogP contribution in [0.15, 0.2) is 24.3 Å². The molecule has 1 aliphatic rings. The van der Waals surface area contributed by atoms with Gasteiger partial charge in [0.1, 0.15) is 5.82 Å². The van der Waals surface area contributed by atoms with Gasteiger partial charge in [0.2, 0.25) is 0 Å². The van der Waals surface area contributed by atoms with Crippen LogP contribution in [0.1, 0.15) is 44.6 Å². The molecule has 1 aromatic carbocycles. The molecule has 0 aliphatic heterocycles. The Kier molecular flexibility index (Phi) is 4.76. The number of aliphatic hydroxyl groups excluding tert-OH is 1. The van der Waals surface area contributed by atoms with E-state index in [1.807, 2.05) is 6.07 Å². The lowest BCUT2D eigenvalue weighted by Crippen LogP contribution is -2.32. The van der Waals surface area contributed by atoms with E-state index in [2.05, 4.69) is 6.92 Å². The van der Waals surface area contributed by atoms with Crippen molar-refractivity contribution in [2.75, 3.05) is 0 Å². The van der Waals surface area contributed by atoms with Crippen LogP contribution >= 0.6 is 0 Å². The highest BCUT2D eigenvalue weighted by Gasteiger charge is 2.29. The van der Waals surface area contributed by atoms with Gasteiger partial charge in [-0.15, -0.1) is 0 Å². The third-order valence-electron chi connectivity index (χ3n) is 4.37. The second-order valence-electron chi connectivity index (χ2n) is 5.48. The number of benzene rings is 1. The predicted molar refractivity (Wildman–Crippen MR) is 71.8 cm³/mol. The van der Waals surface area contributed by atoms with Crippen molar-refractivity contribution in [3.05, 3.63) is 35.6 Å². The molecule has 0 amide bonds. The molecule has 1 nitrogen and oxygen atoms in total. The summed E-state index contributed by atoms with van der Waals surface area (Å²) in [7, 11) is 0. The van der Waals surface area contributed by atoms with E-state index in [0.717, 1.165) is 12.8 Å². The minimum atomic E-state index is -0.396. The van der Waals surface area contributed by atoms with Gasteiger partial charge in [-0.05, 0) is 29.9 Å². The molecule has 18 heavy (non-hydrogen) atoms. The summed E-state index contributed by atoms with van der Waals surface area (Å²) < 4.78 is 13.6. The van der Waals surface area contributed by atoms with Crippen molar-refractivity contribution in [1.82, 2.24) is 0 Å².